The van der Waals surface area contributed by atoms with Gasteiger partial charge in [0.1, 0.15) is 18.1 Å². The third-order valence-corrected chi connectivity index (χ3v) is 3.69. The van der Waals surface area contributed by atoms with Gasteiger partial charge >= 0.3 is 0 Å². The monoisotopic (exact) mass is 223 g/mol. The van der Waals surface area contributed by atoms with Crippen molar-refractivity contribution in [2.24, 2.45) is 17.6 Å². The number of methoxy groups -OCH3 is 1. The second-order valence-electron chi connectivity index (χ2n) is 4.83. The topological polar surface area (TPSA) is 48.4 Å². The van der Waals surface area contributed by atoms with Gasteiger partial charge in [-0.05, 0) is 30.4 Å². The normalized spacial score (nSPS) is 27.2. The van der Waals surface area contributed by atoms with Gasteiger partial charge in [-0.3, -0.25) is 0 Å². The van der Waals surface area contributed by atoms with Gasteiger partial charge in [0.15, 0.2) is 0 Å². The van der Waals surface area contributed by atoms with Crippen LogP contribution >= 0.6 is 0 Å². The van der Waals surface area contributed by atoms with E-state index in [0.717, 1.165) is 11.5 Å². The van der Waals surface area contributed by atoms with Crippen LogP contribution in [-0.4, -0.2) is 7.11 Å². The molecular formula is C13H21NO2. The minimum atomic E-state index is 0.0445. The van der Waals surface area contributed by atoms with Gasteiger partial charge in [0.2, 0.25) is 0 Å². The zero-order valence-corrected chi connectivity index (χ0v) is 10.1. The molecule has 2 rings (SSSR count). The van der Waals surface area contributed by atoms with Crippen molar-refractivity contribution in [3.63, 3.8) is 0 Å². The highest BCUT2D eigenvalue weighted by atomic mass is 16.5. The van der Waals surface area contributed by atoms with Crippen LogP contribution in [-0.2, 0) is 11.3 Å². The van der Waals surface area contributed by atoms with E-state index in [4.69, 9.17) is 14.9 Å². The van der Waals surface area contributed by atoms with Crippen LogP contribution in [0.4, 0.5) is 0 Å². The number of rotatable bonds is 4. The van der Waals surface area contributed by atoms with Crippen LogP contribution < -0.4 is 5.73 Å². The summed E-state index contributed by atoms with van der Waals surface area (Å²) in [5.74, 6) is 3.05. The molecule has 0 saturated heterocycles. The first-order chi connectivity index (χ1) is 7.72. The molecule has 1 heterocycles. The molecule has 90 valence electrons. The van der Waals surface area contributed by atoms with Gasteiger partial charge in [-0.25, -0.2) is 0 Å². The Balaban J connectivity index is 2.04. The number of hydrogen-bond donors (Lipinski definition) is 1. The minimum absolute atomic E-state index is 0.0445. The van der Waals surface area contributed by atoms with Crippen molar-refractivity contribution >= 4 is 0 Å². The number of nitrogens with two attached hydrogens (primary N) is 1. The SMILES string of the molecule is COCc1ccc(C(N)C2CCCC2C)o1. The molecule has 1 aliphatic rings. The molecule has 0 bridgehead atoms. The molecule has 0 amide bonds. The highest BCUT2D eigenvalue weighted by Crippen LogP contribution is 2.39. The summed E-state index contributed by atoms with van der Waals surface area (Å²) < 4.78 is 10.7. The molecule has 0 aromatic carbocycles. The molecule has 1 aliphatic carbocycles. The fourth-order valence-electron chi connectivity index (χ4n) is 2.71. The van der Waals surface area contributed by atoms with Crippen molar-refractivity contribution in [2.75, 3.05) is 7.11 Å². The van der Waals surface area contributed by atoms with Crippen LogP contribution in [0.25, 0.3) is 0 Å². The summed E-state index contributed by atoms with van der Waals surface area (Å²) >= 11 is 0. The summed E-state index contributed by atoms with van der Waals surface area (Å²) in [5, 5.41) is 0. The predicted molar refractivity (Wildman–Crippen MR) is 62.9 cm³/mol. The smallest absolute Gasteiger partial charge is 0.129 e. The van der Waals surface area contributed by atoms with Crippen LogP contribution in [0.2, 0.25) is 0 Å². The molecule has 1 saturated carbocycles. The van der Waals surface area contributed by atoms with Gasteiger partial charge in [-0.2, -0.15) is 0 Å². The fraction of sp³-hybridized carbons (Fsp3) is 0.692. The van der Waals surface area contributed by atoms with Crippen molar-refractivity contribution in [1.29, 1.82) is 0 Å². The first-order valence-corrected chi connectivity index (χ1v) is 6.05. The Morgan fingerprint density at radius 1 is 1.50 bits per heavy atom. The molecule has 1 fully saturated rings. The predicted octanol–water partition coefficient (Wildman–Crippen LogP) is 2.86. The Kier molecular flexibility index (Phi) is 3.66. The highest BCUT2D eigenvalue weighted by molar-refractivity contribution is 5.11. The van der Waals surface area contributed by atoms with E-state index in [1.807, 2.05) is 12.1 Å². The zero-order valence-electron chi connectivity index (χ0n) is 10.1. The van der Waals surface area contributed by atoms with Gasteiger partial charge in [0, 0.05) is 7.11 Å². The van der Waals surface area contributed by atoms with Gasteiger partial charge in [-0.1, -0.05) is 19.8 Å². The number of hydrogen-bond acceptors (Lipinski definition) is 3. The summed E-state index contributed by atoms with van der Waals surface area (Å²) in [5.41, 5.74) is 6.27. The maximum atomic E-state index is 6.27. The lowest BCUT2D eigenvalue weighted by atomic mass is 9.89. The van der Waals surface area contributed by atoms with Gasteiger partial charge in [0.25, 0.3) is 0 Å². The molecule has 0 radical (unpaired) electrons. The van der Waals surface area contributed by atoms with Gasteiger partial charge in [0.05, 0.1) is 6.04 Å². The lowest BCUT2D eigenvalue weighted by molar-refractivity contribution is 0.160. The van der Waals surface area contributed by atoms with Gasteiger partial charge < -0.3 is 14.9 Å². The molecule has 3 nitrogen and oxygen atoms in total. The van der Waals surface area contributed by atoms with E-state index in [0.29, 0.717) is 18.4 Å². The Bertz CT molecular complexity index is 334. The summed E-state index contributed by atoms with van der Waals surface area (Å²) in [4.78, 5) is 0. The second kappa shape index (κ2) is 5.02. The summed E-state index contributed by atoms with van der Waals surface area (Å²) in [6.45, 7) is 2.81. The third-order valence-electron chi connectivity index (χ3n) is 3.69. The summed E-state index contributed by atoms with van der Waals surface area (Å²) in [6, 6.07) is 3.99. The third kappa shape index (κ3) is 2.30. The molecule has 3 heteroatoms. The summed E-state index contributed by atoms with van der Waals surface area (Å²) in [6.07, 6.45) is 3.82. The molecular weight excluding hydrogens is 202 g/mol. The van der Waals surface area contributed by atoms with E-state index >= 15 is 0 Å². The average Bonchev–Trinajstić information content (AvgIpc) is 2.87. The molecule has 16 heavy (non-hydrogen) atoms. The van der Waals surface area contributed by atoms with Crippen LogP contribution in [0, 0.1) is 11.8 Å². The van der Waals surface area contributed by atoms with Crippen molar-refractivity contribution in [3.05, 3.63) is 23.7 Å². The maximum absolute atomic E-state index is 6.27. The van der Waals surface area contributed by atoms with E-state index in [2.05, 4.69) is 6.92 Å². The Morgan fingerprint density at radius 2 is 2.31 bits per heavy atom. The van der Waals surface area contributed by atoms with E-state index in [1.54, 1.807) is 7.11 Å². The molecule has 0 aliphatic heterocycles. The van der Waals surface area contributed by atoms with E-state index in [1.165, 1.54) is 19.3 Å². The van der Waals surface area contributed by atoms with Crippen molar-refractivity contribution < 1.29 is 9.15 Å². The number of ether oxygens (including phenoxy) is 1. The van der Waals surface area contributed by atoms with Crippen LogP contribution in [0.5, 0.6) is 0 Å². The van der Waals surface area contributed by atoms with Crippen LogP contribution in [0.15, 0.2) is 16.5 Å². The summed E-state index contributed by atoms with van der Waals surface area (Å²) in [7, 11) is 1.67. The Hall–Kier alpha value is -0.800. The molecule has 2 N–H and O–H groups in total. The second-order valence-corrected chi connectivity index (χ2v) is 4.83. The van der Waals surface area contributed by atoms with Crippen molar-refractivity contribution in [2.45, 2.75) is 38.8 Å². The van der Waals surface area contributed by atoms with Crippen molar-refractivity contribution in [3.8, 4) is 0 Å². The molecule has 3 unspecified atom stereocenters. The largest absolute Gasteiger partial charge is 0.462 e. The van der Waals surface area contributed by atoms with Gasteiger partial charge in [-0.15, -0.1) is 0 Å². The Morgan fingerprint density at radius 3 is 2.94 bits per heavy atom. The minimum Gasteiger partial charge on any atom is -0.462 e. The quantitative estimate of drug-likeness (QED) is 0.853. The maximum Gasteiger partial charge on any atom is 0.129 e. The first-order valence-electron chi connectivity index (χ1n) is 6.05. The fourth-order valence-corrected chi connectivity index (χ4v) is 2.71. The highest BCUT2D eigenvalue weighted by Gasteiger charge is 2.31. The Labute approximate surface area is 97.0 Å². The standard InChI is InChI=1S/C13H21NO2/c1-9-4-3-5-11(9)13(14)12-7-6-10(16-12)8-15-2/h6-7,9,11,13H,3-5,8,14H2,1-2H3. The molecule has 3 atom stereocenters. The zero-order chi connectivity index (χ0) is 11.5. The molecule has 1 aromatic heterocycles. The van der Waals surface area contributed by atoms with Crippen LogP contribution in [0.3, 0.4) is 0 Å². The van der Waals surface area contributed by atoms with E-state index < -0.39 is 0 Å². The van der Waals surface area contributed by atoms with E-state index in [-0.39, 0.29) is 6.04 Å². The lowest BCUT2D eigenvalue weighted by Crippen LogP contribution is -2.22. The molecule has 1 aromatic rings. The lowest BCUT2D eigenvalue weighted by Gasteiger charge is -2.21. The average molecular weight is 223 g/mol. The first kappa shape index (κ1) is 11.7. The van der Waals surface area contributed by atoms with Crippen LogP contribution in [0.1, 0.15) is 43.7 Å². The van der Waals surface area contributed by atoms with Crippen molar-refractivity contribution in [1.82, 2.24) is 0 Å². The molecule has 0 spiro atoms. The number of furan rings is 1. The van der Waals surface area contributed by atoms with E-state index in [9.17, 15) is 0 Å².